The maximum absolute atomic E-state index is 13.8. The van der Waals surface area contributed by atoms with E-state index in [0.29, 0.717) is 50.9 Å². The van der Waals surface area contributed by atoms with Crippen LogP contribution < -0.4 is 4.90 Å². The van der Waals surface area contributed by atoms with Crippen LogP contribution in [0.5, 0.6) is 0 Å². The summed E-state index contributed by atoms with van der Waals surface area (Å²) in [5.74, 6) is 0.0441. The number of benzene rings is 1. The van der Waals surface area contributed by atoms with Gasteiger partial charge in [-0.3, -0.25) is 9.59 Å². The van der Waals surface area contributed by atoms with Gasteiger partial charge in [-0.05, 0) is 30.9 Å². The van der Waals surface area contributed by atoms with Crippen molar-refractivity contribution in [2.24, 2.45) is 0 Å². The second-order valence-electron chi connectivity index (χ2n) is 8.74. The van der Waals surface area contributed by atoms with E-state index in [-0.39, 0.29) is 17.9 Å². The van der Waals surface area contributed by atoms with Gasteiger partial charge < -0.3 is 24.2 Å². The Bertz CT molecular complexity index is 967. The second kappa shape index (κ2) is 10.2. The van der Waals surface area contributed by atoms with Crippen LogP contribution in [0.2, 0.25) is 0 Å². The molecule has 33 heavy (non-hydrogen) atoms. The van der Waals surface area contributed by atoms with Crippen LogP contribution in [0.25, 0.3) is 11.1 Å². The van der Waals surface area contributed by atoms with Gasteiger partial charge in [0.25, 0.3) is 5.91 Å². The van der Waals surface area contributed by atoms with Gasteiger partial charge in [0.15, 0.2) is 0 Å². The molecular formula is C25H31N3O4S. The van der Waals surface area contributed by atoms with E-state index in [9.17, 15) is 9.59 Å². The van der Waals surface area contributed by atoms with E-state index in [2.05, 4.69) is 17.0 Å². The van der Waals surface area contributed by atoms with Crippen LogP contribution >= 0.6 is 11.3 Å². The molecule has 1 aromatic heterocycles. The molecule has 0 bridgehead atoms. The van der Waals surface area contributed by atoms with Gasteiger partial charge in [-0.25, -0.2) is 0 Å². The zero-order valence-electron chi connectivity index (χ0n) is 18.9. The molecule has 0 saturated carbocycles. The standard InChI is InChI=1S/C25H31N3O4S/c29-23(26-10-14-31-15-11-26)21-8-4-5-9-28(21)24(30)22-18-20(19-6-2-1-3-7-19)25(33-22)27-12-16-32-17-13-27/h1-3,6-7,18,21H,4-5,8-17H2/t21-/m1/s1. The summed E-state index contributed by atoms with van der Waals surface area (Å²) in [4.78, 5) is 33.8. The molecule has 2 amide bonds. The van der Waals surface area contributed by atoms with Gasteiger partial charge in [0.2, 0.25) is 5.91 Å². The fourth-order valence-corrected chi connectivity index (χ4v) is 6.07. The molecule has 0 N–H and O–H groups in total. The number of carbonyl (C=O) groups is 2. The summed E-state index contributed by atoms with van der Waals surface area (Å²) in [6.07, 6.45) is 2.64. The second-order valence-corrected chi connectivity index (χ2v) is 9.77. The third-order valence-electron chi connectivity index (χ3n) is 6.68. The number of hydrogen-bond donors (Lipinski definition) is 0. The summed E-state index contributed by atoms with van der Waals surface area (Å²) in [5.41, 5.74) is 2.19. The number of anilines is 1. The molecule has 7 nitrogen and oxygen atoms in total. The summed E-state index contributed by atoms with van der Waals surface area (Å²) in [6, 6.07) is 11.9. The van der Waals surface area contributed by atoms with Crippen molar-refractivity contribution in [1.29, 1.82) is 0 Å². The topological polar surface area (TPSA) is 62.3 Å². The van der Waals surface area contributed by atoms with Crippen LogP contribution in [0.15, 0.2) is 36.4 Å². The predicted octanol–water partition coefficient (Wildman–Crippen LogP) is 3.11. The lowest BCUT2D eigenvalue weighted by Gasteiger charge is -2.38. The number of hydrogen-bond acceptors (Lipinski definition) is 6. The average Bonchev–Trinajstić information content (AvgIpc) is 3.35. The quantitative estimate of drug-likeness (QED) is 0.689. The Kier molecular flexibility index (Phi) is 6.94. The molecular weight excluding hydrogens is 438 g/mol. The fraction of sp³-hybridized carbons (Fsp3) is 0.520. The highest BCUT2D eigenvalue weighted by molar-refractivity contribution is 7.18. The summed E-state index contributed by atoms with van der Waals surface area (Å²) in [5, 5.41) is 1.11. The van der Waals surface area contributed by atoms with Gasteiger partial charge in [-0.15, -0.1) is 11.3 Å². The molecule has 4 heterocycles. The Balaban J connectivity index is 1.44. The summed E-state index contributed by atoms with van der Waals surface area (Å²) in [7, 11) is 0. The molecule has 0 spiro atoms. The molecule has 2 aromatic rings. The van der Waals surface area contributed by atoms with Gasteiger partial charge in [0.1, 0.15) is 6.04 Å². The Morgan fingerprint density at radius 2 is 1.58 bits per heavy atom. The minimum absolute atomic E-state index is 0.0250. The molecule has 3 saturated heterocycles. The van der Waals surface area contributed by atoms with E-state index in [1.54, 1.807) is 11.3 Å². The van der Waals surface area contributed by atoms with E-state index < -0.39 is 0 Å². The number of piperidine rings is 1. The monoisotopic (exact) mass is 469 g/mol. The fourth-order valence-electron chi connectivity index (χ4n) is 4.88. The SMILES string of the molecule is O=C([C@H]1CCCCN1C(=O)c1cc(-c2ccccc2)c(N2CCOCC2)s1)N1CCOCC1. The van der Waals surface area contributed by atoms with Crippen LogP contribution in [-0.4, -0.2) is 86.8 Å². The lowest BCUT2D eigenvalue weighted by Crippen LogP contribution is -2.55. The van der Waals surface area contributed by atoms with E-state index in [0.717, 1.165) is 48.5 Å². The van der Waals surface area contributed by atoms with Crippen LogP contribution in [0.3, 0.4) is 0 Å². The largest absolute Gasteiger partial charge is 0.378 e. The predicted molar refractivity (Wildman–Crippen MR) is 129 cm³/mol. The number of nitrogens with zero attached hydrogens (tertiary/aromatic N) is 3. The highest BCUT2D eigenvalue weighted by atomic mass is 32.1. The van der Waals surface area contributed by atoms with Gasteiger partial charge in [0, 0.05) is 38.3 Å². The molecule has 5 rings (SSSR count). The molecule has 0 radical (unpaired) electrons. The summed E-state index contributed by atoms with van der Waals surface area (Å²) < 4.78 is 11.0. The van der Waals surface area contributed by atoms with E-state index in [1.165, 1.54) is 0 Å². The first-order valence-electron chi connectivity index (χ1n) is 11.9. The zero-order valence-corrected chi connectivity index (χ0v) is 19.7. The normalized spacial score (nSPS) is 21.8. The first kappa shape index (κ1) is 22.4. The van der Waals surface area contributed by atoms with Crippen molar-refractivity contribution in [3.63, 3.8) is 0 Å². The Hall–Kier alpha value is -2.42. The summed E-state index contributed by atoms with van der Waals surface area (Å²) in [6.45, 7) is 6.00. The van der Waals surface area contributed by atoms with Gasteiger partial charge in [-0.2, -0.15) is 0 Å². The smallest absolute Gasteiger partial charge is 0.264 e. The number of thiophene rings is 1. The maximum Gasteiger partial charge on any atom is 0.264 e. The number of likely N-dealkylation sites (tertiary alicyclic amines) is 1. The molecule has 0 aliphatic carbocycles. The van der Waals surface area contributed by atoms with Gasteiger partial charge in [0.05, 0.1) is 36.3 Å². The van der Waals surface area contributed by atoms with Gasteiger partial charge >= 0.3 is 0 Å². The molecule has 1 aromatic carbocycles. The third kappa shape index (κ3) is 4.78. The minimum Gasteiger partial charge on any atom is -0.378 e. The number of morpholine rings is 2. The van der Waals surface area contributed by atoms with Crippen molar-refractivity contribution in [1.82, 2.24) is 9.80 Å². The first-order valence-corrected chi connectivity index (χ1v) is 12.7. The molecule has 8 heteroatoms. The van der Waals surface area contributed by atoms with E-state index in [1.807, 2.05) is 34.1 Å². The number of carbonyl (C=O) groups excluding carboxylic acids is 2. The van der Waals surface area contributed by atoms with Gasteiger partial charge in [-0.1, -0.05) is 30.3 Å². The number of ether oxygens (including phenoxy) is 2. The first-order chi connectivity index (χ1) is 16.2. The van der Waals surface area contributed by atoms with Crippen molar-refractivity contribution < 1.29 is 19.1 Å². The zero-order chi connectivity index (χ0) is 22.6. The molecule has 176 valence electrons. The Labute approximate surface area is 198 Å². The van der Waals surface area contributed by atoms with E-state index >= 15 is 0 Å². The van der Waals surface area contributed by atoms with Crippen LogP contribution in [0, 0.1) is 0 Å². The van der Waals surface area contributed by atoms with Crippen molar-refractivity contribution >= 4 is 28.2 Å². The van der Waals surface area contributed by atoms with Crippen molar-refractivity contribution in [3.8, 4) is 11.1 Å². The highest BCUT2D eigenvalue weighted by Crippen LogP contribution is 2.40. The third-order valence-corrected chi connectivity index (χ3v) is 7.86. The lowest BCUT2D eigenvalue weighted by atomic mass is 10.00. The lowest BCUT2D eigenvalue weighted by molar-refractivity contribution is -0.141. The number of rotatable bonds is 4. The average molecular weight is 470 g/mol. The molecule has 0 unspecified atom stereocenters. The number of amides is 2. The maximum atomic E-state index is 13.8. The highest BCUT2D eigenvalue weighted by Gasteiger charge is 2.36. The van der Waals surface area contributed by atoms with Crippen molar-refractivity contribution in [2.75, 3.05) is 64.1 Å². The molecule has 3 aliphatic rings. The van der Waals surface area contributed by atoms with Crippen LogP contribution in [0.4, 0.5) is 5.00 Å². The minimum atomic E-state index is -0.376. The molecule has 3 aliphatic heterocycles. The van der Waals surface area contributed by atoms with Crippen molar-refractivity contribution in [2.45, 2.75) is 25.3 Å². The van der Waals surface area contributed by atoms with Crippen LogP contribution in [0.1, 0.15) is 28.9 Å². The Morgan fingerprint density at radius 1 is 0.879 bits per heavy atom. The van der Waals surface area contributed by atoms with Crippen LogP contribution in [-0.2, 0) is 14.3 Å². The Morgan fingerprint density at radius 3 is 2.30 bits per heavy atom. The van der Waals surface area contributed by atoms with E-state index in [4.69, 9.17) is 9.47 Å². The van der Waals surface area contributed by atoms with Crippen molar-refractivity contribution in [3.05, 3.63) is 41.3 Å². The molecule has 3 fully saturated rings. The summed E-state index contributed by atoms with van der Waals surface area (Å²) >= 11 is 1.55. The molecule has 1 atom stereocenters.